The lowest BCUT2D eigenvalue weighted by molar-refractivity contribution is 0.676. The van der Waals surface area contributed by atoms with E-state index in [0.717, 1.165) is 11.4 Å². The molecule has 74 valence electrons. The molecule has 2 N–H and O–H groups in total. The fraction of sp³-hybridized carbons (Fsp3) is 0.333. The molecule has 0 bridgehead atoms. The molecule has 0 heterocycles. The highest BCUT2D eigenvalue weighted by Crippen LogP contribution is 2.34. The van der Waals surface area contributed by atoms with E-state index < -0.39 is 0 Å². The Kier molecular flexibility index (Phi) is 2.17. The Morgan fingerprint density at radius 1 is 1.36 bits per heavy atom. The van der Waals surface area contributed by atoms with E-state index in [4.69, 9.17) is 17.3 Å². The fourth-order valence-corrected chi connectivity index (χ4v) is 2.12. The molecule has 1 nitrogen and oxygen atoms in total. The zero-order valence-electron chi connectivity index (χ0n) is 8.47. The second-order valence-electron chi connectivity index (χ2n) is 4.35. The van der Waals surface area contributed by atoms with Crippen LogP contribution in [0.4, 0.5) is 0 Å². The van der Waals surface area contributed by atoms with Gasteiger partial charge in [-0.1, -0.05) is 23.7 Å². The van der Waals surface area contributed by atoms with Gasteiger partial charge in [0, 0.05) is 10.6 Å². The third kappa shape index (κ3) is 1.58. The minimum Gasteiger partial charge on any atom is -0.322 e. The van der Waals surface area contributed by atoms with Gasteiger partial charge in [0.25, 0.3) is 0 Å². The van der Waals surface area contributed by atoms with Gasteiger partial charge in [-0.25, -0.2) is 0 Å². The average molecular weight is 208 g/mol. The topological polar surface area (TPSA) is 26.0 Å². The summed E-state index contributed by atoms with van der Waals surface area (Å²) in [6.07, 6.45) is 3.15. The highest BCUT2D eigenvalue weighted by atomic mass is 35.5. The molecule has 14 heavy (non-hydrogen) atoms. The summed E-state index contributed by atoms with van der Waals surface area (Å²) in [5.74, 6) is 0. The van der Waals surface area contributed by atoms with Gasteiger partial charge in [0.15, 0.2) is 0 Å². The van der Waals surface area contributed by atoms with E-state index in [1.54, 1.807) is 0 Å². The molecule has 0 spiro atoms. The van der Waals surface area contributed by atoms with Crippen molar-refractivity contribution in [1.82, 2.24) is 0 Å². The first-order valence-corrected chi connectivity index (χ1v) is 5.14. The molecule has 0 saturated heterocycles. The zero-order chi connectivity index (χ0) is 10.3. The van der Waals surface area contributed by atoms with Crippen molar-refractivity contribution in [2.24, 2.45) is 5.73 Å². The van der Waals surface area contributed by atoms with Gasteiger partial charge in [-0.15, -0.1) is 0 Å². The second kappa shape index (κ2) is 3.11. The van der Waals surface area contributed by atoms with E-state index in [2.05, 4.69) is 12.1 Å². The van der Waals surface area contributed by atoms with Crippen LogP contribution < -0.4 is 5.73 Å². The van der Waals surface area contributed by atoms with Gasteiger partial charge in [0.05, 0.1) is 0 Å². The molecule has 0 aromatic heterocycles. The van der Waals surface area contributed by atoms with Crippen molar-refractivity contribution in [3.63, 3.8) is 0 Å². The van der Waals surface area contributed by atoms with Crippen LogP contribution in [-0.4, -0.2) is 5.54 Å². The van der Waals surface area contributed by atoms with E-state index in [0.29, 0.717) is 0 Å². The van der Waals surface area contributed by atoms with Crippen molar-refractivity contribution < 1.29 is 0 Å². The third-order valence-electron chi connectivity index (χ3n) is 2.58. The van der Waals surface area contributed by atoms with Crippen molar-refractivity contribution in [3.8, 4) is 0 Å². The first-order valence-electron chi connectivity index (χ1n) is 4.77. The highest BCUT2D eigenvalue weighted by Gasteiger charge is 2.24. The van der Waals surface area contributed by atoms with E-state index >= 15 is 0 Å². The molecule has 2 heteroatoms. The number of hydrogen-bond acceptors (Lipinski definition) is 1. The molecule has 0 radical (unpaired) electrons. The van der Waals surface area contributed by atoms with Crippen LogP contribution in [0.3, 0.4) is 0 Å². The van der Waals surface area contributed by atoms with Gasteiger partial charge in [-0.2, -0.15) is 0 Å². The Hall–Kier alpha value is -0.790. The third-order valence-corrected chi connectivity index (χ3v) is 2.81. The van der Waals surface area contributed by atoms with Crippen LogP contribution in [0, 0.1) is 0 Å². The van der Waals surface area contributed by atoms with Crippen molar-refractivity contribution in [3.05, 3.63) is 40.4 Å². The predicted molar refractivity (Wildman–Crippen MR) is 61.4 cm³/mol. The summed E-state index contributed by atoms with van der Waals surface area (Å²) in [7, 11) is 0. The van der Waals surface area contributed by atoms with Gasteiger partial charge in [0.1, 0.15) is 0 Å². The largest absolute Gasteiger partial charge is 0.322 e. The van der Waals surface area contributed by atoms with Gasteiger partial charge >= 0.3 is 0 Å². The van der Waals surface area contributed by atoms with Crippen LogP contribution in [0.5, 0.6) is 0 Å². The number of fused-ring (bicyclic) bond motifs is 1. The number of halogens is 1. The minimum atomic E-state index is -0.265. The van der Waals surface area contributed by atoms with E-state index in [1.165, 1.54) is 16.7 Å². The van der Waals surface area contributed by atoms with Crippen molar-refractivity contribution in [1.29, 1.82) is 0 Å². The van der Waals surface area contributed by atoms with Gasteiger partial charge in [0.2, 0.25) is 0 Å². The molecular weight excluding hydrogens is 194 g/mol. The fourth-order valence-electron chi connectivity index (χ4n) is 1.93. The summed E-state index contributed by atoms with van der Waals surface area (Å²) in [6, 6.07) is 6.00. The second-order valence-corrected chi connectivity index (χ2v) is 4.78. The Bertz CT molecular complexity index is 399. The zero-order valence-corrected chi connectivity index (χ0v) is 9.23. The maximum absolute atomic E-state index is 6.09. The summed E-state index contributed by atoms with van der Waals surface area (Å²) >= 11 is 5.93. The highest BCUT2D eigenvalue weighted by molar-refractivity contribution is 6.30. The first kappa shape index (κ1) is 9.75. The summed E-state index contributed by atoms with van der Waals surface area (Å²) in [4.78, 5) is 0. The van der Waals surface area contributed by atoms with Crippen LogP contribution in [0.2, 0.25) is 5.02 Å². The van der Waals surface area contributed by atoms with Crippen LogP contribution in [0.25, 0.3) is 5.57 Å². The van der Waals surface area contributed by atoms with Gasteiger partial charge in [-0.05, 0) is 49.1 Å². The van der Waals surface area contributed by atoms with E-state index in [-0.39, 0.29) is 5.54 Å². The molecule has 0 fully saturated rings. The molecule has 2 rings (SSSR count). The lowest BCUT2D eigenvalue weighted by Gasteiger charge is -2.21. The predicted octanol–water partition coefficient (Wildman–Crippen LogP) is 3.02. The van der Waals surface area contributed by atoms with Crippen LogP contribution in [0.15, 0.2) is 24.3 Å². The van der Waals surface area contributed by atoms with Gasteiger partial charge in [-0.3, -0.25) is 0 Å². The molecule has 1 aliphatic carbocycles. The van der Waals surface area contributed by atoms with Crippen molar-refractivity contribution in [2.75, 3.05) is 0 Å². The molecule has 0 saturated carbocycles. The molecule has 1 aromatic carbocycles. The summed E-state index contributed by atoms with van der Waals surface area (Å²) < 4.78 is 0. The Balaban J connectivity index is 2.48. The number of nitrogens with two attached hydrogens (primary N) is 1. The normalized spacial score (nSPS) is 15.3. The lowest BCUT2D eigenvalue weighted by atomic mass is 9.91. The first-order chi connectivity index (χ1) is 6.48. The van der Waals surface area contributed by atoms with E-state index in [1.807, 2.05) is 26.0 Å². The van der Waals surface area contributed by atoms with E-state index in [9.17, 15) is 0 Å². The Morgan fingerprint density at radius 3 is 2.71 bits per heavy atom. The monoisotopic (exact) mass is 207 g/mol. The lowest BCUT2D eigenvalue weighted by Crippen LogP contribution is -2.32. The number of allylic oxidation sites excluding steroid dienone is 1. The maximum Gasteiger partial charge on any atom is 0.0409 e. The summed E-state index contributed by atoms with van der Waals surface area (Å²) in [6.45, 7) is 4.06. The van der Waals surface area contributed by atoms with Crippen LogP contribution in [-0.2, 0) is 6.42 Å². The number of hydrogen-bond donors (Lipinski definition) is 1. The summed E-state index contributed by atoms with van der Waals surface area (Å²) in [5.41, 5.74) is 9.59. The molecule has 0 aliphatic heterocycles. The SMILES string of the molecule is CC(C)(N)C1=CCc2cc(Cl)ccc21. The minimum absolute atomic E-state index is 0.265. The Morgan fingerprint density at radius 2 is 2.07 bits per heavy atom. The molecular formula is C12H14ClN. The van der Waals surface area contributed by atoms with Crippen molar-refractivity contribution >= 4 is 17.2 Å². The quantitative estimate of drug-likeness (QED) is 0.753. The summed E-state index contributed by atoms with van der Waals surface area (Å²) in [5, 5.41) is 0.799. The Labute approximate surface area is 89.6 Å². The number of rotatable bonds is 1. The molecule has 0 amide bonds. The van der Waals surface area contributed by atoms with Crippen molar-refractivity contribution in [2.45, 2.75) is 25.8 Å². The van der Waals surface area contributed by atoms with Gasteiger partial charge < -0.3 is 5.73 Å². The number of benzene rings is 1. The van der Waals surface area contributed by atoms with Crippen LogP contribution >= 0.6 is 11.6 Å². The smallest absolute Gasteiger partial charge is 0.0409 e. The molecule has 0 unspecified atom stereocenters. The maximum atomic E-state index is 6.09. The molecule has 1 aliphatic rings. The molecule has 0 atom stereocenters. The van der Waals surface area contributed by atoms with Crippen LogP contribution in [0.1, 0.15) is 25.0 Å². The standard InChI is InChI=1S/C12H14ClN/c1-12(2,14)11-6-3-8-7-9(13)4-5-10(8)11/h4-7H,3,14H2,1-2H3. The molecule has 1 aromatic rings. The average Bonchev–Trinajstić information content (AvgIpc) is 2.45.